The molecular formula is C20H21BrO5. The Bertz CT molecular complexity index is 806. The Morgan fingerprint density at radius 3 is 2.19 bits per heavy atom. The maximum Gasteiger partial charge on any atom is 0.352 e. The third kappa shape index (κ3) is 5.08. The Morgan fingerprint density at radius 2 is 1.69 bits per heavy atom. The summed E-state index contributed by atoms with van der Waals surface area (Å²) in [4.78, 5) is 23.2. The zero-order chi connectivity index (χ0) is 19.5. The Morgan fingerprint density at radius 1 is 1.08 bits per heavy atom. The number of hydrogen-bond donors (Lipinski definition) is 1. The van der Waals surface area contributed by atoms with E-state index in [1.807, 2.05) is 24.3 Å². The average molecular weight is 421 g/mol. The lowest BCUT2D eigenvalue weighted by atomic mass is 9.87. The number of carboxylic acids is 1. The van der Waals surface area contributed by atoms with E-state index in [9.17, 15) is 9.59 Å². The number of aromatic carboxylic acids is 1. The van der Waals surface area contributed by atoms with E-state index in [-0.39, 0.29) is 16.7 Å². The van der Waals surface area contributed by atoms with E-state index in [1.165, 1.54) is 23.8 Å². The minimum atomic E-state index is -1.06. The first kappa shape index (κ1) is 20.0. The summed E-state index contributed by atoms with van der Waals surface area (Å²) in [7, 11) is 0. The van der Waals surface area contributed by atoms with Crippen LogP contribution in [0.3, 0.4) is 0 Å². The van der Waals surface area contributed by atoms with Gasteiger partial charge in [-0.05, 0) is 64.2 Å². The molecule has 1 N–H and O–H groups in total. The molecule has 1 unspecified atom stereocenters. The highest BCUT2D eigenvalue weighted by Gasteiger charge is 2.20. The third-order valence-electron chi connectivity index (χ3n) is 3.75. The maximum absolute atomic E-state index is 12.2. The van der Waals surface area contributed by atoms with E-state index in [1.54, 1.807) is 6.92 Å². The Hall–Kier alpha value is -2.34. The largest absolute Gasteiger partial charge is 0.479 e. The smallest absolute Gasteiger partial charge is 0.352 e. The van der Waals surface area contributed by atoms with Crippen molar-refractivity contribution in [3.05, 3.63) is 58.1 Å². The molecule has 26 heavy (non-hydrogen) atoms. The van der Waals surface area contributed by atoms with E-state index < -0.39 is 18.0 Å². The van der Waals surface area contributed by atoms with Gasteiger partial charge in [-0.3, -0.25) is 0 Å². The Balaban J connectivity index is 2.02. The number of benzene rings is 2. The van der Waals surface area contributed by atoms with E-state index in [2.05, 4.69) is 36.7 Å². The summed E-state index contributed by atoms with van der Waals surface area (Å²) in [6, 6.07) is 11.7. The fraction of sp³-hybridized carbons (Fsp3) is 0.300. The van der Waals surface area contributed by atoms with Gasteiger partial charge in [0.15, 0.2) is 6.10 Å². The Kier molecular flexibility index (Phi) is 6.08. The summed E-state index contributed by atoms with van der Waals surface area (Å²) in [5, 5.41) is 8.96. The van der Waals surface area contributed by atoms with Crippen LogP contribution in [0.1, 0.15) is 43.6 Å². The second-order valence-electron chi connectivity index (χ2n) is 6.91. The van der Waals surface area contributed by atoms with Gasteiger partial charge in [-0.2, -0.15) is 0 Å². The number of esters is 1. The minimum Gasteiger partial charge on any atom is -0.479 e. The molecule has 0 aliphatic rings. The molecule has 5 nitrogen and oxygen atoms in total. The number of halogens is 1. The molecule has 0 saturated carbocycles. The monoisotopic (exact) mass is 420 g/mol. The number of carbonyl (C=O) groups excluding carboxylic acids is 1. The number of rotatable bonds is 5. The zero-order valence-corrected chi connectivity index (χ0v) is 16.7. The summed E-state index contributed by atoms with van der Waals surface area (Å²) >= 11 is 3.21. The van der Waals surface area contributed by atoms with Crippen LogP contribution in [0.4, 0.5) is 0 Å². The molecule has 0 aromatic heterocycles. The number of carboxylic acid groups (broad SMARTS) is 1. The molecule has 2 aromatic rings. The molecule has 6 heteroatoms. The number of carbonyl (C=O) groups is 2. The molecule has 138 valence electrons. The van der Waals surface area contributed by atoms with E-state index >= 15 is 0 Å². The van der Waals surface area contributed by atoms with Crippen LogP contribution in [-0.4, -0.2) is 23.1 Å². The molecule has 2 rings (SSSR count). The van der Waals surface area contributed by atoms with Gasteiger partial charge < -0.3 is 14.6 Å². The van der Waals surface area contributed by atoms with E-state index in [4.69, 9.17) is 14.6 Å². The van der Waals surface area contributed by atoms with Gasteiger partial charge in [0.25, 0.3) is 0 Å². The summed E-state index contributed by atoms with van der Waals surface area (Å²) in [5.41, 5.74) is 1.31. The molecule has 0 heterocycles. The number of ether oxygens (including phenoxy) is 2. The van der Waals surface area contributed by atoms with Gasteiger partial charge in [0.05, 0.1) is 10.0 Å². The van der Waals surface area contributed by atoms with Crippen LogP contribution in [0.25, 0.3) is 0 Å². The fourth-order valence-corrected chi connectivity index (χ4v) is 2.65. The van der Waals surface area contributed by atoms with Crippen molar-refractivity contribution < 1.29 is 24.2 Å². The minimum absolute atomic E-state index is 0.0392. The standard InChI is InChI=1S/C20H21BrO5/c1-12(25-15-8-6-14(7-9-15)20(2,3)4)19(24)26-17-10-5-13(18(22)23)11-16(17)21/h5-12H,1-4H3,(H,22,23). The molecule has 0 amide bonds. The predicted octanol–water partition coefficient (Wildman–Crippen LogP) is 4.82. The van der Waals surface area contributed by atoms with Crippen molar-refractivity contribution in [3.8, 4) is 11.5 Å². The van der Waals surface area contributed by atoms with Crippen molar-refractivity contribution in [2.24, 2.45) is 0 Å². The summed E-state index contributed by atoms with van der Waals surface area (Å²) in [5.74, 6) is -0.825. The third-order valence-corrected chi connectivity index (χ3v) is 4.37. The zero-order valence-electron chi connectivity index (χ0n) is 15.1. The van der Waals surface area contributed by atoms with Crippen LogP contribution in [0.5, 0.6) is 11.5 Å². The predicted molar refractivity (Wildman–Crippen MR) is 102 cm³/mol. The lowest BCUT2D eigenvalue weighted by molar-refractivity contribution is -0.141. The quantitative estimate of drug-likeness (QED) is 0.554. The second kappa shape index (κ2) is 7.91. The second-order valence-corrected chi connectivity index (χ2v) is 7.76. The fourth-order valence-electron chi connectivity index (χ4n) is 2.19. The van der Waals surface area contributed by atoms with Crippen LogP contribution in [0, 0.1) is 0 Å². The SMILES string of the molecule is CC(Oc1ccc(C(C)(C)C)cc1)C(=O)Oc1ccc(C(=O)O)cc1Br. The molecule has 0 saturated heterocycles. The first-order chi connectivity index (χ1) is 12.1. The van der Waals surface area contributed by atoms with Crippen molar-refractivity contribution in [1.82, 2.24) is 0 Å². The molecule has 0 fully saturated rings. The van der Waals surface area contributed by atoms with Gasteiger partial charge in [-0.1, -0.05) is 32.9 Å². The van der Waals surface area contributed by atoms with Crippen LogP contribution < -0.4 is 9.47 Å². The topological polar surface area (TPSA) is 72.8 Å². The molecule has 2 aromatic carbocycles. The van der Waals surface area contributed by atoms with Crippen molar-refractivity contribution in [2.75, 3.05) is 0 Å². The Labute approximate surface area is 161 Å². The first-order valence-electron chi connectivity index (χ1n) is 8.09. The van der Waals surface area contributed by atoms with Gasteiger partial charge in [0, 0.05) is 0 Å². The van der Waals surface area contributed by atoms with E-state index in [0.29, 0.717) is 10.2 Å². The van der Waals surface area contributed by atoms with E-state index in [0.717, 1.165) is 0 Å². The molecule has 0 spiro atoms. The molecule has 0 bridgehead atoms. The molecule has 1 atom stereocenters. The highest BCUT2D eigenvalue weighted by molar-refractivity contribution is 9.10. The van der Waals surface area contributed by atoms with Gasteiger partial charge in [-0.25, -0.2) is 9.59 Å². The average Bonchev–Trinajstić information content (AvgIpc) is 2.56. The van der Waals surface area contributed by atoms with Crippen molar-refractivity contribution in [2.45, 2.75) is 39.2 Å². The highest BCUT2D eigenvalue weighted by Crippen LogP contribution is 2.27. The maximum atomic E-state index is 12.2. The van der Waals surface area contributed by atoms with Crippen molar-refractivity contribution in [1.29, 1.82) is 0 Å². The summed E-state index contributed by atoms with van der Waals surface area (Å²) in [6.45, 7) is 7.96. The molecule has 0 aliphatic heterocycles. The van der Waals surface area contributed by atoms with Crippen LogP contribution in [-0.2, 0) is 10.2 Å². The van der Waals surface area contributed by atoms with Gasteiger partial charge in [0.2, 0.25) is 0 Å². The van der Waals surface area contributed by atoms with Crippen molar-refractivity contribution in [3.63, 3.8) is 0 Å². The van der Waals surface area contributed by atoms with Gasteiger partial charge >= 0.3 is 11.9 Å². The molecule has 0 aliphatic carbocycles. The van der Waals surface area contributed by atoms with Gasteiger partial charge in [0.1, 0.15) is 11.5 Å². The number of hydrogen-bond acceptors (Lipinski definition) is 4. The van der Waals surface area contributed by atoms with Gasteiger partial charge in [-0.15, -0.1) is 0 Å². The van der Waals surface area contributed by atoms with Crippen molar-refractivity contribution >= 4 is 27.9 Å². The first-order valence-corrected chi connectivity index (χ1v) is 8.89. The lowest BCUT2D eigenvalue weighted by Gasteiger charge is -2.20. The van der Waals surface area contributed by atoms with Crippen LogP contribution in [0.15, 0.2) is 46.9 Å². The highest BCUT2D eigenvalue weighted by atomic mass is 79.9. The summed E-state index contributed by atoms with van der Waals surface area (Å²) in [6.07, 6.45) is -0.818. The van der Waals surface area contributed by atoms with Crippen LogP contribution >= 0.6 is 15.9 Å². The summed E-state index contributed by atoms with van der Waals surface area (Å²) < 4.78 is 11.3. The normalized spacial score (nSPS) is 12.3. The molecule has 0 radical (unpaired) electrons. The molecular weight excluding hydrogens is 400 g/mol. The lowest BCUT2D eigenvalue weighted by Crippen LogP contribution is -2.28. The van der Waals surface area contributed by atoms with Crippen LogP contribution in [0.2, 0.25) is 0 Å².